The SMILES string of the molecule is CC(=O)Nc1cccc(-c2c(N=Nc3cc(OC=O)cc(OC=O)c3)sc(N)c2C#N)c1. The molecule has 10 nitrogen and oxygen atoms in total. The Labute approximate surface area is 185 Å². The van der Waals surface area contributed by atoms with Crippen LogP contribution in [0.15, 0.2) is 52.7 Å². The van der Waals surface area contributed by atoms with E-state index in [9.17, 15) is 19.6 Å². The van der Waals surface area contributed by atoms with Crippen LogP contribution in [0.2, 0.25) is 0 Å². The van der Waals surface area contributed by atoms with E-state index >= 15 is 0 Å². The van der Waals surface area contributed by atoms with Gasteiger partial charge in [0.1, 0.15) is 27.6 Å². The van der Waals surface area contributed by atoms with Crippen LogP contribution in [0, 0.1) is 11.3 Å². The van der Waals surface area contributed by atoms with E-state index in [1.807, 2.05) is 0 Å². The standard InChI is InChI=1S/C21H15N5O5S/c1-12(29)24-14-4-2-3-13(5-14)19-18(9-22)20(23)32-21(19)26-25-15-6-16(30-10-27)8-17(7-15)31-11-28/h2-8,10-11H,23H2,1H3,(H,24,29). The van der Waals surface area contributed by atoms with Gasteiger partial charge in [-0.05, 0) is 17.7 Å². The van der Waals surface area contributed by atoms with Crippen LogP contribution in [0.4, 0.5) is 21.4 Å². The fourth-order valence-electron chi connectivity index (χ4n) is 2.81. The van der Waals surface area contributed by atoms with E-state index in [0.717, 1.165) is 11.3 Å². The largest absolute Gasteiger partial charge is 0.429 e. The van der Waals surface area contributed by atoms with Gasteiger partial charge in [-0.2, -0.15) is 5.26 Å². The molecule has 1 heterocycles. The molecule has 0 aliphatic rings. The fraction of sp³-hybridized carbons (Fsp3) is 0.0476. The summed E-state index contributed by atoms with van der Waals surface area (Å²) in [6, 6.07) is 13.1. The number of ether oxygens (including phenoxy) is 2. The van der Waals surface area contributed by atoms with Gasteiger partial charge in [0.25, 0.3) is 12.9 Å². The third kappa shape index (κ3) is 5.13. The van der Waals surface area contributed by atoms with Gasteiger partial charge in [-0.25, -0.2) is 0 Å². The van der Waals surface area contributed by atoms with Crippen molar-refractivity contribution in [2.45, 2.75) is 6.92 Å². The average molecular weight is 449 g/mol. The number of azo groups is 1. The summed E-state index contributed by atoms with van der Waals surface area (Å²) in [5, 5.41) is 21.2. The van der Waals surface area contributed by atoms with Gasteiger partial charge in [0.15, 0.2) is 0 Å². The molecular formula is C21H15N5O5S. The third-order valence-corrected chi connectivity index (χ3v) is 4.89. The lowest BCUT2D eigenvalue weighted by Crippen LogP contribution is -2.05. The first-order chi connectivity index (χ1) is 15.4. The summed E-state index contributed by atoms with van der Waals surface area (Å²) in [4.78, 5) is 32.7. The molecule has 2 aromatic carbocycles. The van der Waals surface area contributed by atoms with Gasteiger partial charge < -0.3 is 20.5 Å². The molecule has 0 saturated heterocycles. The van der Waals surface area contributed by atoms with Gasteiger partial charge in [0.2, 0.25) is 5.91 Å². The molecule has 0 saturated carbocycles. The molecule has 11 heteroatoms. The Balaban J connectivity index is 2.06. The number of carbonyl (C=O) groups is 3. The van der Waals surface area contributed by atoms with Crippen molar-refractivity contribution in [3.8, 4) is 28.7 Å². The highest BCUT2D eigenvalue weighted by Crippen LogP contribution is 2.45. The van der Waals surface area contributed by atoms with Gasteiger partial charge in [-0.15, -0.1) is 10.2 Å². The van der Waals surface area contributed by atoms with Gasteiger partial charge in [-0.1, -0.05) is 23.5 Å². The lowest BCUT2D eigenvalue weighted by Gasteiger charge is -2.06. The number of hydrogen-bond donors (Lipinski definition) is 2. The van der Waals surface area contributed by atoms with Gasteiger partial charge >= 0.3 is 0 Å². The molecule has 3 aromatic rings. The molecule has 0 aliphatic heterocycles. The monoisotopic (exact) mass is 449 g/mol. The number of nitrogens with two attached hydrogens (primary N) is 1. The van der Waals surface area contributed by atoms with Crippen molar-refractivity contribution in [2.75, 3.05) is 11.1 Å². The van der Waals surface area contributed by atoms with E-state index in [-0.39, 0.29) is 46.6 Å². The zero-order valence-electron chi connectivity index (χ0n) is 16.6. The van der Waals surface area contributed by atoms with E-state index < -0.39 is 0 Å². The number of anilines is 2. The number of nitrogens with zero attached hydrogens (tertiary/aromatic N) is 3. The van der Waals surface area contributed by atoms with Crippen molar-refractivity contribution >= 4 is 51.6 Å². The number of nitriles is 1. The van der Waals surface area contributed by atoms with E-state index in [0.29, 0.717) is 21.8 Å². The Hall–Kier alpha value is -4.56. The predicted molar refractivity (Wildman–Crippen MR) is 117 cm³/mol. The van der Waals surface area contributed by atoms with E-state index in [1.165, 1.54) is 25.1 Å². The molecule has 0 spiro atoms. The van der Waals surface area contributed by atoms with E-state index in [2.05, 4.69) is 21.6 Å². The second-order valence-corrected chi connectivity index (χ2v) is 7.22. The van der Waals surface area contributed by atoms with Crippen molar-refractivity contribution in [3.63, 3.8) is 0 Å². The summed E-state index contributed by atoms with van der Waals surface area (Å²) in [5.74, 6) is -0.0435. The maximum absolute atomic E-state index is 11.4. The van der Waals surface area contributed by atoms with Crippen molar-refractivity contribution in [1.82, 2.24) is 0 Å². The first-order valence-corrected chi connectivity index (χ1v) is 9.74. The number of carbonyl (C=O) groups excluding carboxylic acids is 3. The molecule has 1 amide bonds. The lowest BCUT2D eigenvalue weighted by molar-refractivity contribution is -0.121. The smallest absolute Gasteiger partial charge is 0.298 e. The first kappa shape index (κ1) is 22.1. The van der Waals surface area contributed by atoms with Crippen LogP contribution in [0.25, 0.3) is 11.1 Å². The zero-order chi connectivity index (χ0) is 23.1. The Morgan fingerprint density at radius 2 is 1.81 bits per heavy atom. The predicted octanol–water partition coefficient (Wildman–Crippen LogP) is 4.31. The van der Waals surface area contributed by atoms with Crippen LogP contribution < -0.4 is 20.5 Å². The van der Waals surface area contributed by atoms with Crippen LogP contribution in [-0.2, 0) is 14.4 Å². The summed E-state index contributed by atoms with van der Waals surface area (Å²) in [6.45, 7) is 1.83. The first-order valence-electron chi connectivity index (χ1n) is 8.93. The summed E-state index contributed by atoms with van der Waals surface area (Å²) in [5.41, 5.74) is 8.07. The molecule has 3 rings (SSSR count). The molecule has 1 aromatic heterocycles. The minimum absolute atomic E-state index is 0.0972. The molecule has 0 unspecified atom stereocenters. The van der Waals surface area contributed by atoms with E-state index in [4.69, 9.17) is 15.2 Å². The second kappa shape index (κ2) is 9.96. The normalized spacial score (nSPS) is 10.4. The zero-order valence-corrected chi connectivity index (χ0v) is 17.4. The van der Waals surface area contributed by atoms with Crippen molar-refractivity contribution < 1.29 is 23.9 Å². The highest BCUT2D eigenvalue weighted by molar-refractivity contribution is 7.20. The topological polar surface area (TPSA) is 156 Å². The average Bonchev–Trinajstić information content (AvgIpc) is 3.07. The van der Waals surface area contributed by atoms with Crippen LogP contribution in [0.3, 0.4) is 0 Å². The molecule has 32 heavy (non-hydrogen) atoms. The van der Waals surface area contributed by atoms with E-state index in [1.54, 1.807) is 24.3 Å². The molecule has 0 bridgehead atoms. The molecule has 3 N–H and O–H groups in total. The molecule has 0 atom stereocenters. The molecule has 0 aliphatic carbocycles. The summed E-state index contributed by atoms with van der Waals surface area (Å²) >= 11 is 1.06. The minimum Gasteiger partial charge on any atom is -0.429 e. The number of nitrogen functional groups attached to an aromatic ring is 1. The highest BCUT2D eigenvalue weighted by Gasteiger charge is 2.19. The Bertz CT molecular complexity index is 1230. The number of nitrogens with one attached hydrogen (secondary N) is 1. The summed E-state index contributed by atoms with van der Waals surface area (Å²) in [6.07, 6.45) is 0. The van der Waals surface area contributed by atoms with Crippen molar-refractivity contribution in [1.29, 1.82) is 5.26 Å². The number of hydrogen-bond acceptors (Lipinski definition) is 10. The van der Waals surface area contributed by atoms with Gasteiger partial charge in [0, 0.05) is 36.4 Å². The van der Waals surface area contributed by atoms with Crippen LogP contribution in [0.1, 0.15) is 12.5 Å². The van der Waals surface area contributed by atoms with Crippen molar-refractivity contribution in [3.05, 3.63) is 48.0 Å². The Morgan fingerprint density at radius 1 is 1.12 bits per heavy atom. The number of thiophene rings is 1. The number of amides is 1. The molecular weight excluding hydrogens is 434 g/mol. The highest BCUT2D eigenvalue weighted by atomic mass is 32.1. The quantitative estimate of drug-likeness (QED) is 0.383. The van der Waals surface area contributed by atoms with Crippen LogP contribution >= 0.6 is 11.3 Å². The van der Waals surface area contributed by atoms with Gasteiger partial charge in [0.05, 0.1) is 11.3 Å². The molecule has 0 radical (unpaired) electrons. The maximum atomic E-state index is 11.4. The summed E-state index contributed by atoms with van der Waals surface area (Å²) < 4.78 is 9.58. The number of benzene rings is 2. The van der Waals surface area contributed by atoms with Crippen LogP contribution in [-0.4, -0.2) is 18.9 Å². The lowest BCUT2D eigenvalue weighted by atomic mass is 10.0. The third-order valence-electron chi connectivity index (χ3n) is 3.99. The maximum Gasteiger partial charge on any atom is 0.298 e. The van der Waals surface area contributed by atoms with Crippen molar-refractivity contribution in [2.24, 2.45) is 10.2 Å². The second-order valence-electron chi connectivity index (χ2n) is 6.19. The Kier molecular flexibility index (Phi) is 6.89. The fourth-order valence-corrected chi connectivity index (χ4v) is 3.67. The van der Waals surface area contributed by atoms with Gasteiger partial charge in [-0.3, -0.25) is 14.4 Å². The van der Waals surface area contributed by atoms with Crippen LogP contribution in [0.5, 0.6) is 11.5 Å². The minimum atomic E-state index is -0.238. The molecule has 160 valence electrons. The summed E-state index contributed by atoms with van der Waals surface area (Å²) in [7, 11) is 0. The number of rotatable bonds is 8. The molecule has 0 fully saturated rings. The Morgan fingerprint density at radius 3 is 2.41 bits per heavy atom.